The van der Waals surface area contributed by atoms with Crippen molar-refractivity contribution in [3.8, 4) is 11.9 Å². The van der Waals surface area contributed by atoms with E-state index in [0.29, 0.717) is 24.0 Å². The van der Waals surface area contributed by atoms with Crippen LogP contribution in [0.2, 0.25) is 0 Å². The first-order valence-electron chi connectivity index (χ1n) is 9.25. The van der Waals surface area contributed by atoms with Crippen LogP contribution in [0, 0.1) is 11.3 Å². The molecule has 9 nitrogen and oxygen atoms in total. The van der Waals surface area contributed by atoms with Gasteiger partial charge in [-0.1, -0.05) is 12.1 Å². The quantitative estimate of drug-likeness (QED) is 0.656. The van der Waals surface area contributed by atoms with E-state index in [1.807, 2.05) is 12.1 Å². The number of hydrogen-bond acceptors (Lipinski definition) is 7. The van der Waals surface area contributed by atoms with Gasteiger partial charge in [-0.2, -0.15) is 5.26 Å². The fraction of sp³-hybridized carbons (Fsp3) is 0.300. The van der Waals surface area contributed by atoms with Gasteiger partial charge < -0.3 is 9.64 Å². The zero-order valence-corrected chi connectivity index (χ0v) is 15.6. The van der Waals surface area contributed by atoms with Gasteiger partial charge in [0.15, 0.2) is 0 Å². The minimum atomic E-state index is -0.289. The van der Waals surface area contributed by atoms with Gasteiger partial charge in [0.25, 0.3) is 11.4 Å². The van der Waals surface area contributed by atoms with E-state index >= 15 is 0 Å². The smallest absolute Gasteiger partial charge is 0.261 e. The molecule has 0 bridgehead atoms. The Kier molecular flexibility index (Phi) is 5.16. The molecule has 1 aliphatic heterocycles. The maximum atomic E-state index is 12.8. The van der Waals surface area contributed by atoms with E-state index < -0.39 is 0 Å². The average Bonchev–Trinajstić information content (AvgIpc) is 2.76. The maximum absolute atomic E-state index is 12.8. The second-order valence-electron chi connectivity index (χ2n) is 6.74. The number of fused-ring (bicyclic) bond motifs is 1. The zero-order valence-electron chi connectivity index (χ0n) is 15.6. The number of hydrogen-bond donors (Lipinski definition) is 0. The lowest BCUT2D eigenvalue weighted by molar-refractivity contribution is -0.134. The van der Waals surface area contributed by atoms with Crippen molar-refractivity contribution in [1.29, 1.82) is 5.26 Å². The molecule has 1 atom stereocenters. The molecule has 0 saturated carbocycles. The second kappa shape index (κ2) is 8.06. The lowest BCUT2D eigenvalue weighted by atomic mass is 10.1. The molecule has 1 amide bonds. The van der Waals surface area contributed by atoms with Gasteiger partial charge in [0.2, 0.25) is 11.6 Å². The Morgan fingerprint density at radius 3 is 2.93 bits per heavy atom. The van der Waals surface area contributed by atoms with Crippen LogP contribution in [-0.2, 0) is 11.3 Å². The summed E-state index contributed by atoms with van der Waals surface area (Å²) in [5.74, 6) is -0.0126. The second-order valence-corrected chi connectivity index (χ2v) is 6.74. The molecule has 3 heterocycles. The first-order chi connectivity index (χ1) is 14.2. The number of nitrogens with zero attached hydrogens (tertiary/aromatic N) is 6. The predicted octanol–water partition coefficient (Wildman–Crippen LogP) is 1.13. The van der Waals surface area contributed by atoms with Crippen LogP contribution in [0.5, 0.6) is 5.88 Å². The molecule has 3 aromatic rings. The minimum absolute atomic E-state index is 0.0853. The van der Waals surface area contributed by atoms with Crippen molar-refractivity contribution in [2.45, 2.75) is 25.5 Å². The summed E-state index contributed by atoms with van der Waals surface area (Å²) in [6, 6.07) is 8.99. The Hall–Kier alpha value is -3.80. The van der Waals surface area contributed by atoms with Gasteiger partial charge >= 0.3 is 0 Å². The van der Waals surface area contributed by atoms with E-state index in [9.17, 15) is 9.59 Å². The summed E-state index contributed by atoms with van der Waals surface area (Å²) in [7, 11) is 0. The largest absolute Gasteiger partial charge is 0.470 e. The summed E-state index contributed by atoms with van der Waals surface area (Å²) >= 11 is 0. The molecule has 146 valence electrons. The first kappa shape index (κ1) is 18.6. The van der Waals surface area contributed by atoms with Gasteiger partial charge in [-0.3, -0.25) is 14.2 Å². The Bertz CT molecular complexity index is 1150. The van der Waals surface area contributed by atoms with Crippen LogP contribution in [0.15, 0.2) is 47.8 Å². The number of para-hydroxylation sites is 1. The molecule has 0 spiro atoms. The Labute approximate surface area is 166 Å². The van der Waals surface area contributed by atoms with Crippen molar-refractivity contribution in [3.05, 3.63) is 59.0 Å². The third-order valence-electron chi connectivity index (χ3n) is 4.82. The van der Waals surface area contributed by atoms with Crippen molar-refractivity contribution in [2.75, 3.05) is 13.1 Å². The molecule has 1 aliphatic rings. The number of benzene rings is 1. The first-order valence-corrected chi connectivity index (χ1v) is 9.25. The number of carbonyl (C=O) groups excluding carboxylic acids is 1. The highest BCUT2D eigenvalue weighted by Crippen LogP contribution is 2.19. The number of aromatic nitrogens is 4. The summed E-state index contributed by atoms with van der Waals surface area (Å²) in [6.45, 7) is 0.855. The minimum Gasteiger partial charge on any atom is -0.470 e. The van der Waals surface area contributed by atoms with Gasteiger partial charge in [-0.25, -0.2) is 15.0 Å². The molecule has 0 radical (unpaired) electrons. The molecular weight excluding hydrogens is 372 g/mol. The molecule has 2 aromatic heterocycles. The van der Waals surface area contributed by atoms with Crippen molar-refractivity contribution in [2.24, 2.45) is 0 Å². The molecule has 1 aromatic carbocycles. The third kappa shape index (κ3) is 3.91. The van der Waals surface area contributed by atoms with E-state index in [4.69, 9.17) is 10.00 Å². The molecule has 4 rings (SSSR count). The highest BCUT2D eigenvalue weighted by molar-refractivity contribution is 5.79. The monoisotopic (exact) mass is 390 g/mol. The van der Waals surface area contributed by atoms with Crippen molar-refractivity contribution in [1.82, 2.24) is 24.4 Å². The molecule has 29 heavy (non-hydrogen) atoms. The number of ether oxygens (including phenoxy) is 1. The normalized spacial score (nSPS) is 16.4. The Morgan fingerprint density at radius 2 is 2.07 bits per heavy atom. The SMILES string of the molecule is N#Cc1nccnc1O[C@@H]1CCCN(C(=O)Cn2cnc3ccccc3c2=O)C1. The zero-order chi connectivity index (χ0) is 20.2. The summed E-state index contributed by atoms with van der Waals surface area (Å²) in [5, 5.41) is 9.60. The van der Waals surface area contributed by atoms with Gasteiger partial charge in [0.05, 0.1) is 23.8 Å². The van der Waals surface area contributed by atoms with Gasteiger partial charge in [0.1, 0.15) is 18.7 Å². The number of piperidine rings is 1. The van der Waals surface area contributed by atoms with E-state index in [0.717, 1.165) is 12.8 Å². The van der Waals surface area contributed by atoms with Crippen molar-refractivity contribution < 1.29 is 9.53 Å². The Morgan fingerprint density at radius 1 is 1.24 bits per heavy atom. The highest BCUT2D eigenvalue weighted by Gasteiger charge is 2.26. The average molecular weight is 390 g/mol. The van der Waals surface area contributed by atoms with E-state index in [1.54, 1.807) is 23.1 Å². The van der Waals surface area contributed by atoms with Crippen LogP contribution >= 0.6 is 0 Å². The number of likely N-dealkylation sites (tertiary alicyclic amines) is 1. The predicted molar refractivity (Wildman–Crippen MR) is 103 cm³/mol. The maximum Gasteiger partial charge on any atom is 0.261 e. The summed E-state index contributed by atoms with van der Waals surface area (Å²) < 4.78 is 7.14. The molecule has 0 N–H and O–H groups in total. The number of nitriles is 1. The number of carbonyl (C=O) groups is 1. The summed E-state index contributed by atoms with van der Waals surface area (Å²) in [4.78, 5) is 39.3. The lowest BCUT2D eigenvalue weighted by Gasteiger charge is -2.32. The molecule has 1 fully saturated rings. The fourth-order valence-corrected chi connectivity index (χ4v) is 3.37. The third-order valence-corrected chi connectivity index (χ3v) is 4.82. The van der Waals surface area contributed by atoms with Crippen molar-refractivity contribution >= 4 is 16.8 Å². The topological polar surface area (TPSA) is 114 Å². The van der Waals surface area contributed by atoms with E-state index in [1.165, 1.54) is 23.3 Å². The van der Waals surface area contributed by atoms with E-state index in [-0.39, 0.29) is 35.7 Å². The number of amides is 1. The highest BCUT2D eigenvalue weighted by atomic mass is 16.5. The van der Waals surface area contributed by atoms with Crippen LogP contribution in [0.4, 0.5) is 0 Å². The van der Waals surface area contributed by atoms with Crippen LogP contribution in [-0.4, -0.2) is 49.5 Å². The van der Waals surface area contributed by atoms with Crippen molar-refractivity contribution in [3.63, 3.8) is 0 Å². The van der Waals surface area contributed by atoms with Crippen LogP contribution in [0.25, 0.3) is 10.9 Å². The van der Waals surface area contributed by atoms with Crippen LogP contribution in [0.3, 0.4) is 0 Å². The summed E-state index contributed by atoms with van der Waals surface area (Å²) in [6.07, 6.45) is 5.49. The van der Waals surface area contributed by atoms with Crippen LogP contribution in [0.1, 0.15) is 18.5 Å². The Balaban J connectivity index is 1.46. The molecule has 0 aliphatic carbocycles. The van der Waals surface area contributed by atoms with Gasteiger partial charge in [-0.05, 0) is 25.0 Å². The molecule has 1 saturated heterocycles. The van der Waals surface area contributed by atoms with Gasteiger partial charge in [0, 0.05) is 18.9 Å². The molecule has 0 unspecified atom stereocenters. The molecular formula is C20H18N6O3. The fourth-order valence-electron chi connectivity index (χ4n) is 3.37. The number of rotatable bonds is 4. The van der Waals surface area contributed by atoms with Crippen LogP contribution < -0.4 is 10.3 Å². The van der Waals surface area contributed by atoms with Gasteiger partial charge in [-0.15, -0.1) is 0 Å². The lowest BCUT2D eigenvalue weighted by Crippen LogP contribution is -2.46. The molecule has 9 heteroatoms. The summed E-state index contributed by atoms with van der Waals surface area (Å²) in [5.41, 5.74) is 0.474. The van der Waals surface area contributed by atoms with E-state index in [2.05, 4.69) is 15.0 Å². The standard InChI is InChI=1S/C20H18N6O3/c21-10-17-19(23-8-7-22-17)29-14-4-3-9-25(11-14)18(27)12-26-13-24-16-6-2-1-5-15(16)20(26)28/h1-2,5-8,13-14H,3-4,9,11-12H2/t14-/m1/s1.